The highest BCUT2D eigenvalue weighted by Gasteiger charge is 2.51. The lowest BCUT2D eigenvalue weighted by Crippen LogP contribution is -2.48. The molecule has 3 atom stereocenters. The topological polar surface area (TPSA) is 104 Å². The number of thioether (sulfide) groups is 1. The Hall–Kier alpha value is -1.91. The third-order valence-electron chi connectivity index (χ3n) is 5.97. The Balaban J connectivity index is 1.84. The fourth-order valence-electron chi connectivity index (χ4n) is 4.27. The predicted octanol–water partition coefficient (Wildman–Crippen LogP) is 2.17. The highest BCUT2D eigenvalue weighted by Crippen LogP contribution is 2.39. The van der Waals surface area contributed by atoms with E-state index >= 15 is 0 Å². The third-order valence-corrected chi connectivity index (χ3v) is 8.42. The molecule has 3 amide bonds. The summed E-state index contributed by atoms with van der Waals surface area (Å²) in [5, 5.41) is 2.72. The second-order valence-electron chi connectivity index (χ2n) is 8.15. The summed E-state index contributed by atoms with van der Waals surface area (Å²) in [5.74, 6) is -1.01. The molecular weight excluding hydrogens is 438 g/mol. The van der Waals surface area contributed by atoms with Crippen molar-refractivity contribution >= 4 is 45.2 Å². The van der Waals surface area contributed by atoms with Crippen LogP contribution in [0.1, 0.15) is 32.1 Å². The van der Waals surface area contributed by atoms with E-state index < -0.39 is 22.0 Å². The lowest BCUT2D eigenvalue weighted by atomic mass is 9.81. The van der Waals surface area contributed by atoms with E-state index in [-0.39, 0.29) is 28.5 Å². The van der Waals surface area contributed by atoms with Crippen molar-refractivity contribution < 1.29 is 22.8 Å². The first-order valence-corrected chi connectivity index (χ1v) is 13.2. The molecule has 1 N–H and O–H groups in total. The van der Waals surface area contributed by atoms with Gasteiger partial charge >= 0.3 is 0 Å². The quantitative estimate of drug-likeness (QED) is 0.588. The maximum absolute atomic E-state index is 13.2. The summed E-state index contributed by atoms with van der Waals surface area (Å²) in [6, 6.07) is 5.06. The Kier molecular flexibility index (Phi) is 7.43. The molecule has 1 aliphatic carbocycles. The van der Waals surface area contributed by atoms with Crippen LogP contribution in [0.25, 0.3) is 0 Å². The van der Waals surface area contributed by atoms with Gasteiger partial charge in [0.1, 0.15) is 6.04 Å². The monoisotopic (exact) mass is 467 g/mol. The molecule has 1 saturated heterocycles. The SMILES string of the molecule is CSCC[C@H](C(=O)Nc1cccc(S(=O)(=O)N(C)C)c1)N1C(=O)[C@H]2CCCC[C@@H]2C1=O. The first kappa shape index (κ1) is 23.7. The Labute approximate surface area is 187 Å². The molecule has 1 aromatic carbocycles. The molecule has 0 aromatic heterocycles. The molecule has 170 valence electrons. The number of anilines is 1. The number of likely N-dealkylation sites (tertiary alicyclic amines) is 1. The van der Waals surface area contributed by atoms with Crippen LogP contribution in [0.4, 0.5) is 5.69 Å². The van der Waals surface area contributed by atoms with E-state index in [0.29, 0.717) is 30.7 Å². The number of benzene rings is 1. The van der Waals surface area contributed by atoms with Crippen molar-refractivity contribution in [1.82, 2.24) is 9.21 Å². The highest BCUT2D eigenvalue weighted by atomic mass is 32.2. The Morgan fingerprint density at radius 1 is 1.19 bits per heavy atom. The number of carbonyl (C=O) groups excluding carboxylic acids is 3. The summed E-state index contributed by atoms with van der Waals surface area (Å²) in [6.45, 7) is 0. The first-order chi connectivity index (χ1) is 14.7. The summed E-state index contributed by atoms with van der Waals surface area (Å²) in [7, 11) is -0.790. The van der Waals surface area contributed by atoms with E-state index in [0.717, 1.165) is 17.1 Å². The van der Waals surface area contributed by atoms with E-state index in [9.17, 15) is 22.8 Å². The Morgan fingerprint density at radius 3 is 2.35 bits per heavy atom. The van der Waals surface area contributed by atoms with Crippen LogP contribution in [0.3, 0.4) is 0 Å². The van der Waals surface area contributed by atoms with Crippen LogP contribution in [0.2, 0.25) is 0 Å². The second kappa shape index (κ2) is 9.70. The summed E-state index contributed by atoms with van der Waals surface area (Å²) in [4.78, 5) is 40.4. The molecule has 31 heavy (non-hydrogen) atoms. The molecule has 1 heterocycles. The van der Waals surface area contributed by atoms with Gasteiger partial charge in [0.2, 0.25) is 27.7 Å². The molecule has 2 aliphatic rings. The molecule has 10 heteroatoms. The van der Waals surface area contributed by atoms with E-state index in [4.69, 9.17) is 0 Å². The number of imide groups is 1. The van der Waals surface area contributed by atoms with Gasteiger partial charge in [-0.15, -0.1) is 0 Å². The smallest absolute Gasteiger partial charge is 0.247 e. The van der Waals surface area contributed by atoms with Crippen molar-refractivity contribution in [1.29, 1.82) is 0 Å². The number of nitrogens with one attached hydrogen (secondary N) is 1. The largest absolute Gasteiger partial charge is 0.324 e. The molecule has 1 aromatic rings. The van der Waals surface area contributed by atoms with E-state index in [2.05, 4.69) is 5.32 Å². The zero-order chi connectivity index (χ0) is 22.8. The number of hydrogen-bond donors (Lipinski definition) is 1. The minimum absolute atomic E-state index is 0.0512. The van der Waals surface area contributed by atoms with Crippen molar-refractivity contribution in [3.05, 3.63) is 24.3 Å². The normalized spacial score (nSPS) is 22.5. The average Bonchev–Trinajstić information content (AvgIpc) is 2.99. The summed E-state index contributed by atoms with van der Waals surface area (Å²) in [6.07, 6.45) is 5.46. The summed E-state index contributed by atoms with van der Waals surface area (Å²) >= 11 is 1.54. The second-order valence-corrected chi connectivity index (χ2v) is 11.3. The summed E-state index contributed by atoms with van der Waals surface area (Å²) in [5.41, 5.74) is 0.304. The van der Waals surface area contributed by atoms with Crippen molar-refractivity contribution in [2.24, 2.45) is 11.8 Å². The molecule has 8 nitrogen and oxygen atoms in total. The lowest BCUT2D eigenvalue weighted by molar-refractivity contribution is -0.146. The number of nitrogens with zero attached hydrogens (tertiary/aromatic N) is 2. The number of rotatable bonds is 8. The maximum Gasteiger partial charge on any atom is 0.247 e. The van der Waals surface area contributed by atoms with Gasteiger partial charge in [-0.1, -0.05) is 18.9 Å². The zero-order valence-corrected chi connectivity index (χ0v) is 19.7. The maximum atomic E-state index is 13.2. The Bertz CT molecular complexity index is 940. The lowest BCUT2D eigenvalue weighted by Gasteiger charge is -2.26. The molecule has 0 bridgehead atoms. The molecule has 1 saturated carbocycles. The van der Waals surface area contributed by atoms with Crippen LogP contribution < -0.4 is 5.32 Å². The first-order valence-electron chi connectivity index (χ1n) is 10.4. The van der Waals surface area contributed by atoms with Crippen molar-refractivity contribution in [2.75, 3.05) is 31.4 Å². The highest BCUT2D eigenvalue weighted by molar-refractivity contribution is 7.98. The van der Waals surface area contributed by atoms with Crippen molar-refractivity contribution in [3.8, 4) is 0 Å². The molecule has 1 aliphatic heterocycles. The minimum atomic E-state index is -3.66. The van der Waals surface area contributed by atoms with Crippen LogP contribution in [-0.2, 0) is 24.4 Å². The van der Waals surface area contributed by atoms with Crippen LogP contribution in [0, 0.1) is 11.8 Å². The van der Waals surface area contributed by atoms with Gasteiger partial charge in [-0.3, -0.25) is 19.3 Å². The minimum Gasteiger partial charge on any atom is -0.324 e. The summed E-state index contributed by atoms with van der Waals surface area (Å²) < 4.78 is 25.9. The van der Waals surface area contributed by atoms with E-state index in [1.54, 1.807) is 12.1 Å². The number of sulfonamides is 1. The van der Waals surface area contributed by atoms with Gasteiger partial charge in [0.15, 0.2) is 0 Å². The fourth-order valence-corrected chi connectivity index (χ4v) is 5.68. The van der Waals surface area contributed by atoms with Gasteiger partial charge in [-0.2, -0.15) is 11.8 Å². The van der Waals surface area contributed by atoms with Gasteiger partial charge in [0.25, 0.3) is 0 Å². The number of hydrogen-bond acceptors (Lipinski definition) is 6. The third kappa shape index (κ3) is 4.80. The van der Waals surface area contributed by atoms with E-state index in [1.807, 2.05) is 6.26 Å². The fraction of sp³-hybridized carbons (Fsp3) is 0.571. The average molecular weight is 468 g/mol. The standard InChI is InChI=1S/C21H29N3O5S2/c1-23(2)31(28,29)15-8-6-7-14(13-15)22-19(25)18(11-12-30-3)24-20(26)16-9-4-5-10-17(16)21(24)27/h6-8,13,16-18H,4-5,9-12H2,1-3H3,(H,22,25)/t16-,17-,18+/m0/s1. The Morgan fingerprint density at radius 2 is 1.81 bits per heavy atom. The molecule has 0 spiro atoms. The van der Waals surface area contributed by atoms with Gasteiger partial charge in [-0.05, 0) is 49.5 Å². The van der Waals surface area contributed by atoms with Gasteiger partial charge in [-0.25, -0.2) is 12.7 Å². The molecule has 3 rings (SSSR count). The van der Waals surface area contributed by atoms with Crippen molar-refractivity contribution in [3.63, 3.8) is 0 Å². The van der Waals surface area contributed by atoms with Crippen LogP contribution in [0.5, 0.6) is 0 Å². The predicted molar refractivity (Wildman–Crippen MR) is 120 cm³/mol. The van der Waals surface area contributed by atoms with Crippen LogP contribution >= 0.6 is 11.8 Å². The van der Waals surface area contributed by atoms with Crippen LogP contribution in [-0.4, -0.2) is 67.5 Å². The van der Waals surface area contributed by atoms with Gasteiger partial charge in [0.05, 0.1) is 16.7 Å². The number of carbonyl (C=O) groups is 3. The van der Waals surface area contributed by atoms with E-state index in [1.165, 1.54) is 42.9 Å². The van der Waals surface area contributed by atoms with Gasteiger partial charge < -0.3 is 5.32 Å². The number of amides is 3. The van der Waals surface area contributed by atoms with Crippen molar-refractivity contribution in [2.45, 2.75) is 43.0 Å². The molecule has 0 radical (unpaired) electrons. The van der Waals surface area contributed by atoms with Gasteiger partial charge in [0, 0.05) is 19.8 Å². The molecule has 0 unspecified atom stereocenters. The number of fused-ring (bicyclic) bond motifs is 1. The molecular formula is C21H29N3O5S2. The zero-order valence-electron chi connectivity index (χ0n) is 18.0. The molecule has 2 fully saturated rings. The van der Waals surface area contributed by atoms with Crippen LogP contribution in [0.15, 0.2) is 29.2 Å².